The van der Waals surface area contributed by atoms with Crippen LogP contribution in [0.2, 0.25) is 0 Å². The van der Waals surface area contributed by atoms with Crippen LogP contribution in [-0.4, -0.2) is 14.8 Å². The first-order chi connectivity index (χ1) is 8.79. The molecule has 1 unspecified atom stereocenters. The summed E-state index contributed by atoms with van der Waals surface area (Å²) in [6.07, 6.45) is 3.70. The highest BCUT2D eigenvalue weighted by Gasteiger charge is 2.28. The van der Waals surface area contributed by atoms with Crippen LogP contribution in [-0.2, 0) is 12.8 Å². The third-order valence-electron chi connectivity index (χ3n) is 3.42. The summed E-state index contributed by atoms with van der Waals surface area (Å²) in [6, 6.07) is 6.96. The van der Waals surface area contributed by atoms with Crippen molar-refractivity contribution in [2.24, 2.45) is 0 Å². The molecule has 3 nitrogen and oxygen atoms in total. The van der Waals surface area contributed by atoms with Gasteiger partial charge in [-0.3, -0.25) is 0 Å². The Morgan fingerprint density at radius 1 is 1.39 bits per heavy atom. The molecule has 2 aromatic rings. The summed E-state index contributed by atoms with van der Waals surface area (Å²) in [6.45, 7) is 2.11. The minimum Gasteiger partial charge on any atom is -0.242 e. The lowest BCUT2D eigenvalue weighted by Gasteiger charge is -2.12. The van der Waals surface area contributed by atoms with Crippen molar-refractivity contribution in [2.45, 2.75) is 38.6 Å². The van der Waals surface area contributed by atoms with Crippen LogP contribution in [0.25, 0.3) is 0 Å². The van der Waals surface area contributed by atoms with E-state index in [9.17, 15) is 4.39 Å². The van der Waals surface area contributed by atoms with Crippen LogP contribution in [0.1, 0.15) is 43.0 Å². The zero-order valence-electron chi connectivity index (χ0n) is 10.4. The van der Waals surface area contributed by atoms with E-state index < -0.39 is 0 Å². The number of rotatable bonds is 3. The summed E-state index contributed by atoms with van der Waals surface area (Å²) < 4.78 is 15.7. The van der Waals surface area contributed by atoms with E-state index in [-0.39, 0.29) is 11.9 Å². The Balaban J connectivity index is 1.97. The molecule has 1 aliphatic rings. The number of benzene rings is 1. The number of fused-ring (bicyclic) bond motifs is 1. The number of hydrogen-bond donors (Lipinski definition) is 0. The normalized spacial score (nSPS) is 18.0. The zero-order chi connectivity index (χ0) is 12.5. The van der Waals surface area contributed by atoms with Gasteiger partial charge in [-0.25, -0.2) is 14.1 Å². The van der Waals surface area contributed by atoms with Gasteiger partial charge < -0.3 is 0 Å². The van der Waals surface area contributed by atoms with Crippen molar-refractivity contribution in [3.63, 3.8) is 0 Å². The van der Waals surface area contributed by atoms with Crippen molar-refractivity contribution in [3.8, 4) is 0 Å². The SMILES string of the molecule is CCCc1nc2n(n1)C(c1ccccc1F)CC2. The standard InChI is InChI=1S/C14H16FN3/c1-2-5-13-16-14-9-8-12(18(14)17-13)10-6-3-4-7-11(10)15/h3-4,6-7,12H,2,5,8-9H2,1H3. The van der Waals surface area contributed by atoms with Gasteiger partial charge in [-0.05, 0) is 18.9 Å². The molecule has 3 rings (SSSR count). The summed E-state index contributed by atoms with van der Waals surface area (Å²) >= 11 is 0. The van der Waals surface area contributed by atoms with Crippen LogP contribution in [0.4, 0.5) is 4.39 Å². The molecule has 2 heterocycles. The lowest BCUT2D eigenvalue weighted by atomic mass is 10.0. The maximum absolute atomic E-state index is 13.8. The molecule has 0 fully saturated rings. The molecule has 0 saturated carbocycles. The van der Waals surface area contributed by atoms with E-state index in [4.69, 9.17) is 0 Å². The summed E-state index contributed by atoms with van der Waals surface area (Å²) in [5.41, 5.74) is 0.726. The first kappa shape index (κ1) is 11.4. The van der Waals surface area contributed by atoms with Crippen molar-refractivity contribution in [1.29, 1.82) is 0 Å². The van der Waals surface area contributed by atoms with Gasteiger partial charge in [0, 0.05) is 18.4 Å². The molecule has 0 saturated heterocycles. The van der Waals surface area contributed by atoms with Gasteiger partial charge in [-0.1, -0.05) is 25.1 Å². The lowest BCUT2D eigenvalue weighted by molar-refractivity contribution is 0.508. The van der Waals surface area contributed by atoms with Crippen LogP contribution < -0.4 is 0 Å². The summed E-state index contributed by atoms with van der Waals surface area (Å²) in [5, 5.41) is 4.52. The molecule has 0 spiro atoms. The smallest absolute Gasteiger partial charge is 0.150 e. The lowest BCUT2D eigenvalue weighted by Crippen LogP contribution is -2.09. The fourth-order valence-electron chi connectivity index (χ4n) is 2.57. The van der Waals surface area contributed by atoms with Crippen molar-refractivity contribution < 1.29 is 4.39 Å². The Kier molecular flexibility index (Phi) is 2.86. The van der Waals surface area contributed by atoms with Gasteiger partial charge in [-0.15, -0.1) is 0 Å². The summed E-state index contributed by atoms with van der Waals surface area (Å²) in [5.74, 6) is 1.73. The van der Waals surface area contributed by atoms with Gasteiger partial charge in [0.05, 0.1) is 6.04 Å². The Morgan fingerprint density at radius 3 is 3.00 bits per heavy atom. The Labute approximate surface area is 106 Å². The topological polar surface area (TPSA) is 30.7 Å². The zero-order valence-corrected chi connectivity index (χ0v) is 10.4. The number of aromatic nitrogens is 3. The fraction of sp³-hybridized carbons (Fsp3) is 0.429. The monoisotopic (exact) mass is 245 g/mol. The number of nitrogens with zero attached hydrogens (tertiary/aromatic N) is 3. The second-order valence-corrected chi connectivity index (χ2v) is 4.71. The molecule has 0 aliphatic carbocycles. The van der Waals surface area contributed by atoms with E-state index in [1.54, 1.807) is 6.07 Å². The van der Waals surface area contributed by atoms with E-state index in [2.05, 4.69) is 17.0 Å². The van der Waals surface area contributed by atoms with E-state index >= 15 is 0 Å². The quantitative estimate of drug-likeness (QED) is 0.832. The molecular formula is C14H16FN3. The molecule has 1 aromatic carbocycles. The third kappa shape index (κ3) is 1.82. The Hall–Kier alpha value is -1.71. The Morgan fingerprint density at radius 2 is 2.22 bits per heavy atom. The number of hydrogen-bond acceptors (Lipinski definition) is 2. The van der Waals surface area contributed by atoms with Crippen LogP contribution in [0, 0.1) is 5.82 Å². The molecule has 0 N–H and O–H groups in total. The minimum atomic E-state index is -0.150. The maximum atomic E-state index is 13.8. The number of halogens is 1. The van der Waals surface area contributed by atoms with Crippen molar-refractivity contribution in [1.82, 2.24) is 14.8 Å². The average molecular weight is 245 g/mol. The number of aryl methyl sites for hydroxylation is 2. The fourth-order valence-corrected chi connectivity index (χ4v) is 2.57. The molecule has 94 valence electrons. The van der Waals surface area contributed by atoms with Crippen LogP contribution in [0.3, 0.4) is 0 Å². The maximum Gasteiger partial charge on any atom is 0.150 e. The summed E-state index contributed by atoms with van der Waals surface area (Å²) in [7, 11) is 0. The van der Waals surface area contributed by atoms with E-state index in [0.717, 1.165) is 42.9 Å². The third-order valence-corrected chi connectivity index (χ3v) is 3.42. The Bertz CT molecular complexity index is 562. The van der Waals surface area contributed by atoms with Crippen LogP contribution in [0.5, 0.6) is 0 Å². The molecule has 0 bridgehead atoms. The first-order valence-corrected chi connectivity index (χ1v) is 6.48. The van der Waals surface area contributed by atoms with E-state index in [1.165, 1.54) is 6.07 Å². The van der Waals surface area contributed by atoms with Gasteiger partial charge >= 0.3 is 0 Å². The highest BCUT2D eigenvalue weighted by Crippen LogP contribution is 2.31. The van der Waals surface area contributed by atoms with Crippen molar-refractivity contribution >= 4 is 0 Å². The first-order valence-electron chi connectivity index (χ1n) is 6.48. The van der Waals surface area contributed by atoms with Gasteiger partial charge in [0.1, 0.15) is 11.6 Å². The van der Waals surface area contributed by atoms with Crippen molar-refractivity contribution in [2.75, 3.05) is 0 Å². The van der Waals surface area contributed by atoms with Gasteiger partial charge in [-0.2, -0.15) is 5.10 Å². The summed E-state index contributed by atoms with van der Waals surface area (Å²) in [4.78, 5) is 4.52. The predicted molar refractivity (Wildman–Crippen MR) is 66.9 cm³/mol. The van der Waals surface area contributed by atoms with Gasteiger partial charge in [0.2, 0.25) is 0 Å². The second-order valence-electron chi connectivity index (χ2n) is 4.71. The average Bonchev–Trinajstić information content (AvgIpc) is 2.90. The molecular weight excluding hydrogens is 229 g/mol. The molecule has 1 aromatic heterocycles. The second kappa shape index (κ2) is 4.52. The predicted octanol–water partition coefficient (Wildman–Crippen LogP) is 2.91. The van der Waals surface area contributed by atoms with Crippen molar-refractivity contribution in [3.05, 3.63) is 47.3 Å². The molecule has 1 atom stereocenters. The molecule has 18 heavy (non-hydrogen) atoms. The largest absolute Gasteiger partial charge is 0.242 e. The molecule has 0 amide bonds. The highest BCUT2D eigenvalue weighted by molar-refractivity contribution is 5.24. The van der Waals surface area contributed by atoms with Gasteiger partial charge in [0.25, 0.3) is 0 Å². The highest BCUT2D eigenvalue weighted by atomic mass is 19.1. The van der Waals surface area contributed by atoms with Gasteiger partial charge in [0.15, 0.2) is 5.82 Å². The van der Waals surface area contributed by atoms with E-state index in [0.29, 0.717) is 0 Å². The van der Waals surface area contributed by atoms with Crippen LogP contribution >= 0.6 is 0 Å². The van der Waals surface area contributed by atoms with Crippen LogP contribution in [0.15, 0.2) is 24.3 Å². The minimum absolute atomic E-state index is 0.0132. The van der Waals surface area contributed by atoms with E-state index in [1.807, 2.05) is 16.8 Å². The molecule has 1 aliphatic heterocycles. The molecule has 4 heteroatoms. The molecule has 0 radical (unpaired) electrons.